The molecule has 0 spiro atoms. The van der Waals surface area contributed by atoms with E-state index in [0.717, 1.165) is 63.5 Å². The molecule has 1 aromatic rings. The van der Waals surface area contributed by atoms with Crippen molar-refractivity contribution in [1.29, 1.82) is 0 Å². The number of piperidine rings is 1. The largest absolute Gasteiger partial charge is 0.493 e. The number of rotatable bonds is 9. The van der Waals surface area contributed by atoms with E-state index in [1.54, 1.807) is 14.2 Å². The van der Waals surface area contributed by atoms with E-state index in [2.05, 4.69) is 27.2 Å². The SMILES string of the molecule is COc1ccc(CN2C[C@@H](CN3CCCC3)C[C@@H](C(=O)NC[C@@H]3CCCO3)C2)cc1OC. The highest BCUT2D eigenvalue weighted by atomic mass is 16.5. The summed E-state index contributed by atoms with van der Waals surface area (Å²) in [7, 11) is 3.33. The summed E-state index contributed by atoms with van der Waals surface area (Å²) in [6.07, 6.45) is 5.90. The highest BCUT2D eigenvalue weighted by molar-refractivity contribution is 5.79. The first kappa shape index (κ1) is 23.3. The number of nitrogens with zero attached hydrogens (tertiary/aromatic N) is 2. The van der Waals surface area contributed by atoms with Crippen molar-refractivity contribution in [3.63, 3.8) is 0 Å². The third-order valence-electron chi connectivity index (χ3n) is 7.08. The van der Waals surface area contributed by atoms with Crippen LogP contribution in [-0.4, -0.2) is 81.9 Å². The highest BCUT2D eigenvalue weighted by Crippen LogP contribution is 2.30. The van der Waals surface area contributed by atoms with Gasteiger partial charge in [0, 0.05) is 39.3 Å². The number of likely N-dealkylation sites (tertiary alicyclic amines) is 2. The van der Waals surface area contributed by atoms with Gasteiger partial charge in [-0.2, -0.15) is 0 Å². The lowest BCUT2D eigenvalue weighted by atomic mass is 9.87. The number of amides is 1. The normalized spacial score (nSPS) is 26.9. The summed E-state index contributed by atoms with van der Waals surface area (Å²) >= 11 is 0. The van der Waals surface area contributed by atoms with Crippen LogP contribution in [0.5, 0.6) is 11.5 Å². The van der Waals surface area contributed by atoms with E-state index in [1.807, 2.05) is 6.07 Å². The van der Waals surface area contributed by atoms with Crippen molar-refractivity contribution in [3.05, 3.63) is 23.8 Å². The molecule has 3 aliphatic heterocycles. The van der Waals surface area contributed by atoms with Crippen molar-refractivity contribution in [1.82, 2.24) is 15.1 Å². The third-order valence-corrected chi connectivity index (χ3v) is 7.08. The van der Waals surface area contributed by atoms with Crippen LogP contribution in [0, 0.1) is 11.8 Å². The Kier molecular flexibility index (Phi) is 8.27. The maximum absolute atomic E-state index is 13.1. The lowest BCUT2D eigenvalue weighted by molar-refractivity contribution is -0.128. The van der Waals surface area contributed by atoms with Crippen LogP contribution in [0.25, 0.3) is 0 Å². The van der Waals surface area contributed by atoms with Gasteiger partial charge in [0.15, 0.2) is 11.5 Å². The van der Waals surface area contributed by atoms with E-state index >= 15 is 0 Å². The predicted molar refractivity (Wildman–Crippen MR) is 124 cm³/mol. The predicted octanol–water partition coefficient (Wildman–Crippen LogP) is 2.53. The fraction of sp³-hybridized carbons (Fsp3) is 0.720. The third kappa shape index (κ3) is 6.15. The van der Waals surface area contributed by atoms with Crippen LogP contribution in [0.15, 0.2) is 18.2 Å². The molecule has 0 aromatic heterocycles. The molecule has 3 saturated heterocycles. The Balaban J connectivity index is 1.40. The molecule has 3 atom stereocenters. The summed E-state index contributed by atoms with van der Waals surface area (Å²) < 4.78 is 16.6. The molecule has 0 saturated carbocycles. The van der Waals surface area contributed by atoms with Gasteiger partial charge in [-0.3, -0.25) is 9.69 Å². The topological polar surface area (TPSA) is 63.3 Å². The van der Waals surface area contributed by atoms with Crippen LogP contribution in [0.1, 0.15) is 37.7 Å². The first-order chi connectivity index (χ1) is 15.6. The zero-order valence-electron chi connectivity index (χ0n) is 19.7. The van der Waals surface area contributed by atoms with Gasteiger partial charge in [-0.1, -0.05) is 6.07 Å². The molecule has 7 heteroatoms. The zero-order valence-corrected chi connectivity index (χ0v) is 19.7. The second-order valence-corrected chi connectivity index (χ2v) is 9.57. The monoisotopic (exact) mass is 445 g/mol. The molecule has 0 radical (unpaired) electrons. The Morgan fingerprint density at radius 3 is 2.62 bits per heavy atom. The van der Waals surface area contributed by atoms with Crippen molar-refractivity contribution in [2.45, 2.75) is 44.8 Å². The molecule has 7 nitrogen and oxygen atoms in total. The molecule has 1 N–H and O–H groups in total. The number of hydrogen-bond donors (Lipinski definition) is 1. The van der Waals surface area contributed by atoms with Crippen LogP contribution in [-0.2, 0) is 16.1 Å². The van der Waals surface area contributed by atoms with Crippen LogP contribution in [0.3, 0.4) is 0 Å². The van der Waals surface area contributed by atoms with Gasteiger partial charge >= 0.3 is 0 Å². The Morgan fingerprint density at radius 1 is 1.09 bits per heavy atom. The molecule has 3 heterocycles. The quantitative estimate of drug-likeness (QED) is 0.630. The summed E-state index contributed by atoms with van der Waals surface area (Å²) in [5.41, 5.74) is 1.18. The minimum Gasteiger partial charge on any atom is -0.493 e. The van der Waals surface area contributed by atoms with Crippen molar-refractivity contribution in [2.24, 2.45) is 11.8 Å². The van der Waals surface area contributed by atoms with Gasteiger partial charge in [0.25, 0.3) is 0 Å². The van der Waals surface area contributed by atoms with E-state index in [0.29, 0.717) is 12.5 Å². The van der Waals surface area contributed by atoms with Crippen molar-refractivity contribution >= 4 is 5.91 Å². The lowest BCUT2D eigenvalue weighted by Crippen LogP contribution is -2.49. The van der Waals surface area contributed by atoms with Crippen LogP contribution >= 0.6 is 0 Å². The maximum atomic E-state index is 13.1. The molecule has 1 amide bonds. The number of carbonyl (C=O) groups is 1. The fourth-order valence-corrected chi connectivity index (χ4v) is 5.49. The Labute approximate surface area is 192 Å². The first-order valence-electron chi connectivity index (χ1n) is 12.2. The van der Waals surface area contributed by atoms with Crippen molar-refractivity contribution in [3.8, 4) is 11.5 Å². The number of methoxy groups -OCH3 is 2. The molecular formula is C25H39N3O4. The van der Waals surface area contributed by atoms with E-state index < -0.39 is 0 Å². The standard InChI is InChI=1S/C25H39N3O4/c1-30-23-8-7-19(13-24(23)31-2)15-28-17-20(16-27-9-3-4-10-27)12-21(18-28)25(29)26-14-22-6-5-11-32-22/h7-8,13,20-22H,3-6,9-12,14-18H2,1-2H3,(H,26,29)/t20-,21-,22+/m1/s1. The molecule has 1 aromatic carbocycles. The average molecular weight is 446 g/mol. The van der Waals surface area contributed by atoms with E-state index in [-0.39, 0.29) is 17.9 Å². The van der Waals surface area contributed by atoms with Crippen LogP contribution in [0.2, 0.25) is 0 Å². The van der Waals surface area contributed by atoms with Gasteiger partial charge in [-0.15, -0.1) is 0 Å². The minimum absolute atomic E-state index is 0.0258. The number of hydrogen-bond acceptors (Lipinski definition) is 6. The van der Waals surface area contributed by atoms with Gasteiger partial charge < -0.3 is 24.4 Å². The number of benzene rings is 1. The summed E-state index contributed by atoms with van der Waals surface area (Å²) in [6, 6.07) is 6.11. The highest BCUT2D eigenvalue weighted by Gasteiger charge is 2.33. The van der Waals surface area contributed by atoms with Gasteiger partial charge in [0.2, 0.25) is 5.91 Å². The van der Waals surface area contributed by atoms with Crippen LogP contribution in [0.4, 0.5) is 0 Å². The first-order valence-corrected chi connectivity index (χ1v) is 12.2. The molecule has 0 aliphatic carbocycles. The lowest BCUT2D eigenvalue weighted by Gasteiger charge is -2.38. The summed E-state index contributed by atoms with van der Waals surface area (Å²) in [5, 5.41) is 3.19. The van der Waals surface area contributed by atoms with Crippen molar-refractivity contribution in [2.75, 3.05) is 60.1 Å². The van der Waals surface area contributed by atoms with Crippen LogP contribution < -0.4 is 14.8 Å². The Bertz CT molecular complexity index is 747. The van der Waals surface area contributed by atoms with E-state index in [4.69, 9.17) is 14.2 Å². The molecule has 32 heavy (non-hydrogen) atoms. The minimum atomic E-state index is 0.0258. The van der Waals surface area contributed by atoms with Crippen molar-refractivity contribution < 1.29 is 19.0 Å². The van der Waals surface area contributed by atoms with Gasteiger partial charge in [0.1, 0.15) is 0 Å². The summed E-state index contributed by atoms with van der Waals surface area (Å²) in [5.74, 6) is 2.22. The Hall–Kier alpha value is -1.83. The summed E-state index contributed by atoms with van der Waals surface area (Å²) in [4.78, 5) is 18.1. The van der Waals surface area contributed by atoms with Gasteiger partial charge in [0.05, 0.1) is 26.2 Å². The van der Waals surface area contributed by atoms with E-state index in [9.17, 15) is 4.79 Å². The molecule has 3 aliphatic rings. The number of nitrogens with one attached hydrogen (secondary N) is 1. The number of carbonyl (C=O) groups excluding carboxylic acids is 1. The molecule has 3 fully saturated rings. The van der Waals surface area contributed by atoms with Gasteiger partial charge in [-0.05, 0) is 68.8 Å². The molecule has 4 rings (SSSR count). The van der Waals surface area contributed by atoms with E-state index in [1.165, 1.54) is 31.5 Å². The molecule has 178 valence electrons. The fourth-order valence-electron chi connectivity index (χ4n) is 5.49. The maximum Gasteiger partial charge on any atom is 0.224 e. The smallest absolute Gasteiger partial charge is 0.224 e. The summed E-state index contributed by atoms with van der Waals surface area (Å²) in [6.45, 7) is 7.58. The average Bonchev–Trinajstić information content (AvgIpc) is 3.51. The van der Waals surface area contributed by atoms with Gasteiger partial charge in [-0.25, -0.2) is 0 Å². The second kappa shape index (κ2) is 11.3. The second-order valence-electron chi connectivity index (χ2n) is 9.57. The molecule has 0 bridgehead atoms. The number of ether oxygens (including phenoxy) is 3. The Morgan fingerprint density at radius 2 is 1.91 bits per heavy atom. The zero-order chi connectivity index (χ0) is 22.3. The molecular weight excluding hydrogens is 406 g/mol. The molecule has 0 unspecified atom stereocenters.